The highest BCUT2D eigenvalue weighted by Gasteiger charge is 2.11. The average Bonchev–Trinajstić information content (AvgIpc) is 2.59. The molecular formula is C22H20N2. The van der Waals surface area contributed by atoms with Crippen molar-refractivity contribution in [3.8, 4) is 34.6 Å². The second kappa shape index (κ2) is 6.22. The van der Waals surface area contributed by atoms with Crippen LogP contribution >= 0.6 is 0 Å². The quantitative estimate of drug-likeness (QED) is 0.683. The van der Waals surface area contributed by atoms with Crippen LogP contribution < -0.4 is 5.73 Å². The van der Waals surface area contributed by atoms with E-state index in [-0.39, 0.29) is 0 Å². The third-order valence-electron chi connectivity index (χ3n) is 4.43. The molecule has 0 spiro atoms. The van der Waals surface area contributed by atoms with Crippen molar-refractivity contribution in [3.05, 3.63) is 71.0 Å². The third-order valence-corrected chi connectivity index (χ3v) is 4.43. The predicted octanol–water partition coefficient (Wildman–Crippen LogP) is 4.90. The zero-order chi connectivity index (χ0) is 17.3. The van der Waals surface area contributed by atoms with E-state index in [0.717, 1.165) is 39.2 Å². The van der Waals surface area contributed by atoms with E-state index in [1.165, 1.54) is 11.1 Å². The van der Waals surface area contributed by atoms with Gasteiger partial charge in [0, 0.05) is 17.3 Å². The first-order valence-corrected chi connectivity index (χ1v) is 7.91. The average molecular weight is 312 g/mol. The van der Waals surface area contributed by atoms with E-state index in [1.807, 2.05) is 19.1 Å². The summed E-state index contributed by atoms with van der Waals surface area (Å²) in [7, 11) is 0. The minimum atomic E-state index is 0.729. The van der Waals surface area contributed by atoms with Crippen LogP contribution in [0.4, 0.5) is 5.69 Å². The number of anilines is 1. The summed E-state index contributed by atoms with van der Waals surface area (Å²) in [5.74, 6) is 2.71. The van der Waals surface area contributed by atoms with Crippen molar-refractivity contribution in [1.29, 1.82) is 0 Å². The second-order valence-electron chi connectivity index (χ2n) is 6.06. The van der Waals surface area contributed by atoms with Crippen LogP contribution in [0.2, 0.25) is 0 Å². The number of aryl methyl sites for hydroxylation is 3. The Bertz CT molecular complexity index is 962. The molecule has 24 heavy (non-hydrogen) atoms. The second-order valence-corrected chi connectivity index (χ2v) is 6.06. The number of pyridine rings is 1. The minimum absolute atomic E-state index is 0.729. The topological polar surface area (TPSA) is 38.9 Å². The first kappa shape index (κ1) is 15.8. The molecule has 0 amide bonds. The van der Waals surface area contributed by atoms with E-state index in [0.29, 0.717) is 0 Å². The van der Waals surface area contributed by atoms with E-state index in [4.69, 9.17) is 12.2 Å². The molecule has 1 heterocycles. The highest BCUT2D eigenvalue weighted by atomic mass is 14.7. The number of aromatic nitrogens is 1. The summed E-state index contributed by atoms with van der Waals surface area (Å²) < 4.78 is 0. The molecule has 2 N–H and O–H groups in total. The molecule has 0 atom stereocenters. The van der Waals surface area contributed by atoms with Crippen LogP contribution in [0.5, 0.6) is 0 Å². The van der Waals surface area contributed by atoms with Gasteiger partial charge in [0.05, 0.1) is 11.4 Å². The van der Waals surface area contributed by atoms with Gasteiger partial charge in [0.2, 0.25) is 0 Å². The Balaban J connectivity index is 2.21. The maximum Gasteiger partial charge on any atom is 0.0610 e. The van der Waals surface area contributed by atoms with E-state index in [2.05, 4.69) is 55.1 Å². The number of rotatable bonds is 2. The highest BCUT2D eigenvalue weighted by molar-refractivity contribution is 5.83. The normalized spacial score (nSPS) is 10.4. The number of nitrogens with zero attached hydrogens (tertiary/aromatic N) is 1. The molecule has 0 aliphatic rings. The van der Waals surface area contributed by atoms with Crippen molar-refractivity contribution in [1.82, 2.24) is 4.98 Å². The van der Waals surface area contributed by atoms with Gasteiger partial charge in [0.25, 0.3) is 0 Å². The molecule has 0 fully saturated rings. The lowest BCUT2D eigenvalue weighted by molar-refractivity contribution is 1.21. The standard InChI is InChI=1S/C22H20N2/c1-5-17-8-6-14(2)20(12-17)18-9-7-15(3)21(13-18)19-10-11-24-16(4)22(19)23/h1,6-13H,23H2,2-4H3. The van der Waals surface area contributed by atoms with Crippen LogP contribution in [0.1, 0.15) is 22.4 Å². The van der Waals surface area contributed by atoms with Gasteiger partial charge in [0.1, 0.15) is 0 Å². The van der Waals surface area contributed by atoms with E-state index in [9.17, 15) is 0 Å². The Morgan fingerprint density at radius 2 is 1.58 bits per heavy atom. The number of nitrogens with two attached hydrogens (primary N) is 1. The van der Waals surface area contributed by atoms with Gasteiger partial charge in [-0.05, 0) is 72.9 Å². The van der Waals surface area contributed by atoms with Crippen LogP contribution in [0, 0.1) is 33.1 Å². The van der Waals surface area contributed by atoms with Crippen LogP contribution in [0.3, 0.4) is 0 Å². The molecule has 118 valence electrons. The molecule has 0 aliphatic carbocycles. The molecule has 0 radical (unpaired) electrons. The van der Waals surface area contributed by atoms with Gasteiger partial charge in [-0.3, -0.25) is 4.98 Å². The molecule has 0 aliphatic heterocycles. The van der Waals surface area contributed by atoms with Gasteiger partial charge >= 0.3 is 0 Å². The summed E-state index contributed by atoms with van der Waals surface area (Å²) in [5.41, 5.74) is 15.5. The fourth-order valence-corrected chi connectivity index (χ4v) is 2.92. The van der Waals surface area contributed by atoms with Gasteiger partial charge in [0.15, 0.2) is 0 Å². The fourth-order valence-electron chi connectivity index (χ4n) is 2.92. The molecule has 2 heteroatoms. The Labute approximate surface area is 143 Å². The molecule has 0 bridgehead atoms. The summed E-state index contributed by atoms with van der Waals surface area (Å²) in [4.78, 5) is 4.26. The molecule has 2 nitrogen and oxygen atoms in total. The Morgan fingerprint density at radius 1 is 0.875 bits per heavy atom. The summed E-state index contributed by atoms with van der Waals surface area (Å²) in [5, 5.41) is 0. The van der Waals surface area contributed by atoms with Gasteiger partial charge in [-0.2, -0.15) is 0 Å². The largest absolute Gasteiger partial charge is 0.397 e. The molecule has 3 rings (SSSR count). The van der Waals surface area contributed by atoms with Gasteiger partial charge in [-0.1, -0.05) is 24.1 Å². The van der Waals surface area contributed by atoms with Crippen molar-refractivity contribution in [2.45, 2.75) is 20.8 Å². The monoisotopic (exact) mass is 312 g/mol. The van der Waals surface area contributed by atoms with E-state index < -0.39 is 0 Å². The zero-order valence-corrected chi connectivity index (χ0v) is 14.2. The summed E-state index contributed by atoms with van der Waals surface area (Å²) in [6, 6.07) is 14.5. The molecule has 0 saturated carbocycles. The van der Waals surface area contributed by atoms with Gasteiger partial charge < -0.3 is 5.73 Å². The molecule has 0 unspecified atom stereocenters. The SMILES string of the molecule is C#Cc1ccc(C)c(-c2ccc(C)c(-c3ccnc(C)c3N)c2)c1. The maximum atomic E-state index is 6.26. The van der Waals surface area contributed by atoms with Crippen molar-refractivity contribution in [2.75, 3.05) is 5.73 Å². The summed E-state index contributed by atoms with van der Waals surface area (Å²) in [6.07, 6.45) is 7.36. The van der Waals surface area contributed by atoms with Crippen molar-refractivity contribution in [3.63, 3.8) is 0 Å². The van der Waals surface area contributed by atoms with Gasteiger partial charge in [-0.15, -0.1) is 6.42 Å². The van der Waals surface area contributed by atoms with Crippen LogP contribution in [0.15, 0.2) is 48.7 Å². The molecular weight excluding hydrogens is 292 g/mol. The summed E-state index contributed by atoms with van der Waals surface area (Å²) in [6.45, 7) is 6.12. The van der Waals surface area contributed by atoms with Crippen molar-refractivity contribution < 1.29 is 0 Å². The highest BCUT2D eigenvalue weighted by Crippen LogP contribution is 2.34. The maximum absolute atomic E-state index is 6.26. The Morgan fingerprint density at radius 3 is 2.33 bits per heavy atom. The van der Waals surface area contributed by atoms with Gasteiger partial charge in [-0.25, -0.2) is 0 Å². The van der Waals surface area contributed by atoms with Crippen molar-refractivity contribution in [2.24, 2.45) is 0 Å². The Hall–Kier alpha value is -3.05. The molecule has 3 aromatic rings. The number of hydrogen-bond acceptors (Lipinski definition) is 2. The van der Waals surface area contributed by atoms with Crippen LogP contribution in [-0.2, 0) is 0 Å². The lowest BCUT2D eigenvalue weighted by Crippen LogP contribution is -1.97. The lowest BCUT2D eigenvalue weighted by Gasteiger charge is -2.14. The fraction of sp³-hybridized carbons (Fsp3) is 0.136. The van der Waals surface area contributed by atoms with E-state index in [1.54, 1.807) is 6.20 Å². The minimum Gasteiger partial charge on any atom is -0.397 e. The number of terminal acetylenes is 1. The van der Waals surface area contributed by atoms with Crippen LogP contribution in [-0.4, -0.2) is 4.98 Å². The van der Waals surface area contributed by atoms with Crippen LogP contribution in [0.25, 0.3) is 22.3 Å². The molecule has 0 saturated heterocycles. The zero-order valence-electron chi connectivity index (χ0n) is 14.2. The number of hydrogen-bond donors (Lipinski definition) is 1. The lowest BCUT2D eigenvalue weighted by atomic mass is 9.92. The predicted molar refractivity (Wildman–Crippen MR) is 102 cm³/mol. The van der Waals surface area contributed by atoms with E-state index >= 15 is 0 Å². The summed E-state index contributed by atoms with van der Waals surface area (Å²) >= 11 is 0. The number of benzene rings is 2. The molecule has 2 aromatic carbocycles. The first-order chi connectivity index (χ1) is 11.5. The molecule has 1 aromatic heterocycles. The first-order valence-electron chi connectivity index (χ1n) is 7.91. The van der Waals surface area contributed by atoms with Crippen molar-refractivity contribution >= 4 is 5.69 Å². The Kier molecular flexibility index (Phi) is 4.10. The number of nitrogen functional groups attached to an aromatic ring is 1. The smallest absolute Gasteiger partial charge is 0.0610 e. The third kappa shape index (κ3) is 2.77.